The molecule has 2 heterocycles. The van der Waals surface area contributed by atoms with E-state index in [-0.39, 0.29) is 11.1 Å². The summed E-state index contributed by atoms with van der Waals surface area (Å²) in [6, 6.07) is 8.09. The fraction of sp³-hybridized carbons (Fsp3) is 0.476. The Hall–Kier alpha value is -2.33. The monoisotopic (exact) mass is 453 g/mol. The van der Waals surface area contributed by atoms with Gasteiger partial charge in [-0.2, -0.15) is 13.2 Å². The number of nitrogens with zero attached hydrogens (tertiary/aromatic N) is 5. The largest absolute Gasteiger partial charge is 0.433 e. The van der Waals surface area contributed by atoms with Crippen molar-refractivity contribution in [1.82, 2.24) is 19.8 Å². The molecule has 1 saturated heterocycles. The molecule has 0 radical (unpaired) electrons. The van der Waals surface area contributed by atoms with Gasteiger partial charge >= 0.3 is 6.18 Å². The number of carbonyl (C=O) groups excluding carboxylic acids is 1. The standard InChI is InChI=1S/C21H26F3N5OS/c1-4-28(3)19(30)16-7-5-15(6-8-16)14-31-20-25-17(21(22,23)24)13-18(26-20)29-11-9-27(2)10-12-29/h5-8,13H,4,9-12,14H2,1-3H3. The van der Waals surface area contributed by atoms with Crippen molar-refractivity contribution in [3.05, 3.63) is 47.2 Å². The van der Waals surface area contributed by atoms with Crippen molar-refractivity contribution in [2.24, 2.45) is 0 Å². The summed E-state index contributed by atoms with van der Waals surface area (Å²) >= 11 is 1.15. The minimum atomic E-state index is -4.53. The Kier molecular flexibility index (Phi) is 7.42. The Morgan fingerprint density at radius 1 is 1.13 bits per heavy atom. The minimum absolute atomic E-state index is 0.0697. The normalized spacial score (nSPS) is 15.2. The van der Waals surface area contributed by atoms with Gasteiger partial charge in [0.1, 0.15) is 5.82 Å². The average Bonchev–Trinajstić information content (AvgIpc) is 2.76. The van der Waals surface area contributed by atoms with Crippen LogP contribution < -0.4 is 4.90 Å². The minimum Gasteiger partial charge on any atom is -0.354 e. The molecule has 0 unspecified atom stereocenters. The zero-order chi connectivity index (χ0) is 22.6. The van der Waals surface area contributed by atoms with Crippen LogP contribution in [0.5, 0.6) is 0 Å². The number of likely N-dealkylation sites (N-methyl/N-ethyl adjacent to an activating group) is 1. The van der Waals surface area contributed by atoms with Crippen molar-refractivity contribution >= 4 is 23.5 Å². The first-order chi connectivity index (χ1) is 14.7. The fourth-order valence-corrected chi connectivity index (χ4v) is 3.88. The van der Waals surface area contributed by atoms with Crippen LogP contribution in [0.2, 0.25) is 0 Å². The summed E-state index contributed by atoms with van der Waals surface area (Å²) in [5.74, 6) is 0.642. The predicted octanol–water partition coefficient (Wildman–Crippen LogP) is 3.63. The smallest absolute Gasteiger partial charge is 0.354 e. The Labute approximate surface area is 184 Å². The molecule has 0 atom stereocenters. The van der Waals surface area contributed by atoms with Crippen LogP contribution in [0.25, 0.3) is 0 Å². The van der Waals surface area contributed by atoms with Crippen LogP contribution in [0, 0.1) is 0 Å². The van der Waals surface area contributed by atoms with Crippen LogP contribution in [0.1, 0.15) is 28.5 Å². The first-order valence-electron chi connectivity index (χ1n) is 10.0. The van der Waals surface area contributed by atoms with Crippen molar-refractivity contribution in [2.45, 2.75) is 24.0 Å². The van der Waals surface area contributed by atoms with Crippen LogP contribution in [-0.4, -0.2) is 72.5 Å². The summed E-state index contributed by atoms with van der Waals surface area (Å²) in [6.07, 6.45) is -4.53. The van der Waals surface area contributed by atoms with Gasteiger partial charge in [-0.05, 0) is 31.7 Å². The van der Waals surface area contributed by atoms with E-state index in [9.17, 15) is 18.0 Å². The van der Waals surface area contributed by atoms with Crippen LogP contribution in [-0.2, 0) is 11.9 Å². The molecule has 168 valence electrons. The van der Waals surface area contributed by atoms with Gasteiger partial charge in [-0.25, -0.2) is 9.97 Å². The molecule has 0 saturated carbocycles. The molecule has 0 bridgehead atoms. The number of hydrogen-bond acceptors (Lipinski definition) is 6. The van der Waals surface area contributed by atoms with Gasteiger partial charge in [0, 0.05) is 57.2 Å². The number of carbonyl (C=O) groups is 1. The maximum atomic E-state index is 13.4. The second-order valence-electron chi connectivity index (χ2n) is 7.49. The molecule has 10 heteroatoms. The van der Waals surface area contributed by atoms with E-state index in [2.05, 4.69) is 14.9 Å². The van der Waals surface area contributed by atoms with E-state index >= 15 is 0 Å². The predicted molar refractivity (Wildman–Crippen MR) is 115 cm³/mol. The maximum absolute atomic E-state index is 13.4. The number of piperazine rings is 1. The molecule has 0 aliphatic carbocycles. The van der Waals surface area contributed by atoms with E-state index in [4.69, 9.17) is 0 Å². The molecule has 0 N–H and O–H groups in total. The number of hydrogen-bond donors (Lipinski definition) is 0. The third-order valence-electron chi connectivity index (χ3n) is 5.20. The summed E-state index contributed by atoms with van der Waals surface area (Å²) in [4.78, 5) is 25.9. The van der Waals surface area contributed by atoms with Crippen LogP contribution in [0.3, 0.4) is 0 Å². The third kappa shape index (κ3) is 6.10. The quantitative estimate of drug-likeness (QED) is 0.492. The summed E-state index contributed by atoms with van der Waals surface area (Å²) in [5.41, 5.74) is 0.524. The summed E-state index contributed by atoms with van der Waals surface area (Å²) in [7, 11) is 3.72. The first-order valence-corrected chi connectivity index (χ1v) is 11.0. The number of benzene rings is 1. The van der Waals surface area contributed by atoms with Gasteiger partial charge in [0.05, 0.1) is 0 Å². The molecular weight excluding hydrogens is 427 g/mol. The van der Waals surface area contributed by atoms with E-state index < -0.39 is 11.9 Å². The van der Waals surface area contributed by atoms with Gasteiger partial charge in [0.15, 0.2) is 10.9 Å². The number of rotatable bonds is 6. The van der Waals surface area contributed by atoms with Crippen LogP contribution in [0.4, 0.5) is 19.0 Å². The molecule has 1 fully saturated rings. The highest BCUT2D eigenvalue weighted by molar-refractivity contribution is 7.98. The van der Waals surface area contributed by atoms with E-state index in [0.29, 0.717) is 36.8 Å². The van der Waals surface area contributed by atoms with Crippen molar-refractivity contribution < 1.29 is 18.0 Å². The van der Waals surface area contributed by atoms with Gasteiger partial charge < -0.3 is 14.7 Å². The molecule has 1 amide bonds. The first kappa shape index (κ1) is 23.3. The molecule has 31 heavy (non-hydrogen) atoms. The number of thioether (sulfide) groups is 1. The van der Waals surface area contributed by atoms with Gasteiger partial charge in [0.25, 0.3) is 5.91 Å². The van der Waals surface area contributed by atoms with Gasteiger partial charge in [-0.1, -0.05) is 23.9 Å². The van der Waals surface area contributed by atoms with E-state index in [1.54, 1.807) is 36.2 Å². The van der Waals surface area contributed by atoms with Gasteiger partial charge in [-0.15, -0.1) is 0 Å². The molecule has 1 aromatic heterocycles. The van der Waals surface area contributed by atoms with E-state index in [0.717, 1.165) is 36.5 Å². The zero-order valence-electron chi connectivity index (χ0n) is 17.8. The van der Waals surface area contributed by atoms with Crippen LogP contribution >= 0.6 is 11.8 Å². The number of halogens is 3. The SMILES string of the molecule is CCN(C)C(=O)c1ccc(CSc2nc(N3CCN(C)CC3)cc(C(F)(F)F)n2)cc1. The lowest BCUT2D eigenvalue weighted by atomic mass is 10.1. The second-order valence-corrected chi connectivity index (χ2v) is 8.43. The molecule has 2 aromatic rings. The maximum Gasteiger partial charge on any atom is 0.433 e. The molecule has 1 aromatic carbocycles. The molecule has 1 aliphatic rings. The van der Waals surface area contributed by atoms with Crippen molar-refractivity contribution in [2.75, 3.05) is 51.7 Å². The van der Waals surface area contributed by atoms with Crippen molar-refractivity contribution in [3.63, 3.8) is 0 Å². The van der Waals surface area contributed by atoms with Gasteiger partial charge in [0.2, 0.25) is 0 Å². The topological polar surface area (TPSA) is 52.6 Å². The lowest BCUT2D eigenvalue weighted by molar-refractivity contribution is -0.141. The van der Waals surface area contributed by atoms with Crippen molar-refractivity contribution in [3.8, 4) is 0 Å². The highest BCUT2D eigenvalue weighted by Crippen LogP contribution is 2.32. The molecule has 3 rings (SSSR count). The second kappa shape index (κ2) is 9.86. The van der Waals surface area contributed by atoms with E-state index in [1.807, 2.05) is 18.9 Å². The average molecular weight is 454 g/mol. The highest BCUT2D eigenvalue weighted by Gasteiger charge is 2.34. The lowest BCUT2D eigenvalue weighted by Crippen LogP contribution is -2.45. The highest BCUT2D eigenvalue weighted by atomic mass is 32.2. The molecule has 6 nitrogen and oxygen atoms in total. The lowest BCUT2D eigenvalue weighted by Gasteiger charge is -2.33. The van der Waals surface area contributed by atoms with E-state index in [1.165, 1.54) is 0 Å². The Bertz CT molecular complexity index is 899. The zero-order valence-corrected chi connectivity index (χ0v) is 18.6. The fourth-order valence-electron chi connectivity index (χ4n) is 3.08. The van der Waals surface area contributed by atoms with Crippen molar-refractivity contribution in [1.29, 1.82) is 0 Å². The number of aromatic nitrogens is 2. The number of amides is 1. The number of anilines is 1. The number of alkyl halides is 3. The summed E-state index contributed by atoms with van der Waals surface area (Å²) in [5, 5.41) is 0.0922. The molecular formula is C21H26F3N5OS. The Morgan fingerprint density at radius 2 is 1.77 bits per heavy atom. The van der Waals surface area contributed by atoms with Gasteiger partial charge in [-0.3, -0.25) is 4.79 Å². The Balaban J connectivity index is 1.74. The molecule has 1 aliphatic heterocycles. The summed E-state index contributed by atoms with van der Waals surface area (Å²) < 4.78 is 40.2. The Morgan fingerprint density at radius 3 is 2.35 bits per heavy atom. The molecule has 0 spiro atoms. The van der Waals surface area contributed by atoms with Crippen LogP contribution in [0.15, 0.2) is 35.5 Å². The summed E-state index contributed by atoms with van der Waals surface area (Å²) in [6.45, 7) is 5.29. The third-order valence-corrected chi connectivity index (χ3v) is 6.12.